The van der Waals surface area contributed by atoms with Gasteiger partial charge in [0.05, 0.1) is 5.56 Å². The van der Waals surface area contributed by atoms with E-state index in [9.17, 15) is 4.79 Å². The van der Waals surface area contributed by atoms with Gasteiger partial charge in [-0.1, -0.05) is 17.7 Å². The Balaban J connectivity index is 1.68. The second kappa shape index (κ2) is 6.61. The number of benzene rings is 2. The first-order valence-electron chi connectivity index (χ1n) is 7.99. The van der Waals surface area contributed by atoms with Crippen LogP contribution in [0.1, 0.15) is 15.9 Å². The Morgan fingerprint density at radius 1 is 1.15 bits per heavy atom. The molecule has 26 heavy (non-hydrogen) atoms. The number of rotatable bonds is 3. The minimum atomic E-state index is -0.220. The van der Waals surface area contributed by atoms with Gasteiger partial charge in [-0.25, -0.2) is 4.98 Å². The van der Waals surface area contributed by atoms with E-state index in [0.717, 1.165) is 11.1 Å². The Hall–Kier alpha value is -3.18. The van der Waals surface area contributed by atoms with Crippen molar-refractivity contribution in [2.24, 2.45) is 0 Å². The summed E-state index contributed by atoms with van der Waals surface area (Å²) in [5.41, 5.74) is 4.24. The van der Waals surface area contributed by atoms with Gasteiger partial charge in [0.15, 0.2) is 5.58 Å². The Labute approximate surface area is 154 Å². The third-order valence-corrected chi connectivity index (χ3v) is 4.24. The summed E-state index contributed by atoms with van der Waals surface area (Å²) in [6, 6.07) is 14.4. The van der Waals surface area contributed by atoms with Gasteiger partial charge < -0.3 is 9.73 Å². The molecule has 0 unspecified atom stereocenters. The predicted molar refractivity (Wildman–Crippen MR) is 101 cm³/mol. The van der Waals surface area contributed by atoms with Crippen LogP contribution in [0.3, 0.4) is 0 Å². The van der Waals surface area contributed by atoms with Gasteiger partial charge in [0.25, 0.3) is 5.91 Å². The van der Waals surface area contributed by atoms with Crippen molar-refractivity contribution >= 4 is 34.3 Å². The predicted octanol–water partition coefficient (Wildman–Crippen LogP) is 5.10. The number of fused-ring (bicyclic) bond motifs is 1. The summed E-state index contributed by atoms with van der Waals surface area (Å²) in [6.45, 7) is 1.93. The highest BCUT2D eigenvalue weighted by Gasteiger charge is 2.12. The van der Waals surface area contributed by atoms with Gasteiger partial charge in [0.2, 0.25) is 5.89 Å². The van der Waals surface area contributed by atoms with E-state index in [1.807, 2.05) is 25.1 Å². The SMILES string of the molecule is Cc1ccc(-c2nc3cc(Cl)ccc3o2)cc1NC(=O)c1cccnc1. The molecule has 2 aromatic heterocycles. The van der Waals surface area contributed by atoms with Crippen LogP contribution in [0.15, 0.2) is 65.3 Å². The zero-order valence-electron chi connectivity index (χ0n) is 13.9. The molecule has 0 aliphatic heterocycles. The van der Waals surface area contributed by atoms with Crippen molar-refractivity contribution in [3.8, 4) is 11.5 Å². The molecule has 0 radical (unpaired) electrons. The molecule has 2 heterocycles. The molecule has 6 heteroatoms. The third kappa shape index (κ3) is 3.17. The fourth-order valence-electron chi connectivity index (χ4n) is 2.61. The molecule has 0 spiro atoms. The van der Waals surface area contributed by atoms with Crippen molar-refractivity contribution in [3.05, 3.63) is 77.1 Å². The number of halogens is 1. The molecule has 4 rings (SSSR count). The number of aryl methyl sites for hydroxylation is 1. The summed E-state index contributed by atoms with van der Waals surface area (Å²) in [6.07, 6.45) is 3.15. The Kier molecular flexibility index (Phi) is 4.14. The van der Waals surface area contributed by atoms with Crippen LogP contribution < -0.4 is 5.32 Å². The summed E-state index contributed by atoms with van der Waals surface area (Å²) in [4.78, 5) is 20.8. The van der Waals surface area contributed by atoms with Gasteiger partial charge in [-0.3, -0.25) is 9.78 Å². The maximum absolute atomic E-state index is 12.4. The highest BCUT2D eigenvalue weighted by Crippen LogP contribution is 2.29. The Morgan fingerprint density at radius 2 is 2.04 bits per heavy atom. The van der Waals surface area contributed by atoms with Crippen LogP contribution in [-0.2, 0) is 0 Å². The number of hydrogen-bond donors (Lipinski definition) is 1. The molecule has 1 amide bonds. The van der Waals surface area contributed by atoms with Crippen LogP contribution in [0.2, 0.25) is 5.02 Å². The maximum Gasteiger partial charge on any atom is 0.257 e. The lowest BCUT2D eigenvalue weighted by molar-refractivity contribution is 0.102. The summed E-state index contributed by atoms with van der Waals surface area (Å²) in [5, 5.41) is 3.51. The van der Waals surface area contributed by atoms with Crippen LogP contribution in [0.4, 0.5) is 5.69 Å². The lowest BCUT2D eigenvalue weighted by atomic mass is 10.1. The minimum absolute atomic E-state index is 0.220. The lowest BCUT2D eigenvalue weighted by Crippen LogP contribution is -2.13. The summed E-state index contributed by atoms with van der Waals surface area (Å²) in [5.74, 6) is 0.252. The molecular weight excluding hydrogens is 350 g/mol. The van der Waals surface area contributed by atoms with E-state index in [2.05, 4.69) is 15.3 Å². The number of oxazole rings is 1. The molecule has 0 atom stereocenters. The van der Waals surface area contributed by atoms with E-state index in [4.69, 9.17) is 16.0 Å². The number of aromatic nitrogens is 2. The number of carbonyl (C=O) groups excluding carboxylic acids is 1. The molecule has 0 saturated heterocycles. The molecule has 1 N–H and O–H groups in total. The van der Waals surface area contributed by atoms with Crippen LogP contribution in [0.25, 0.3) is 22.6 Å². The van der Waals surface area contributed by atoms with Gasteiger partial charge in [-0.2, -0.15) is 0 Å². The van der Waals surface area contributed by atoms with Crippen molar-refractivity contribution in [2.45, 2.75) is 6.92 Å². The van der Waals surface area contributed by atoms with Gasteiger partial charge >= 0.3 is 0 Å². The number of nitrogens with one attached hydrogen (secondary N) is 1. The molecule has 0 aliphatic rings. The zero-order valence-corrected chi connectivity index (χ0v) is 14.6. The van der Waals surface area contributed by atoms with E-state index >= 15 is 0 Å². The monoisotopic (exact) mass is 363 g/mol. The van der Waals surface area contributed by atoms with Crippen LogP contribution >= 0.6 is 11.6 Å². The molecule has 0 bridgehead atoms. The molecule has 5 nitrogen and oxygen atoms in total. The zero-order chi connectivity index (χ0) is 18.1. The summed E-state index contributed by atoms with van der Waals surface area (Å²) < 4.78 is 5.80. The van der Waals surface area contributed by atoms with Crippen LogP contribution in [0.5, 0.6) is 0 Å². The van der Waals surface area contributed by atoms with Gasteiger partial charge in [0.1, 0.15) is 5.52 Å². The standard InChI is InChI=1S/C20H14ClN3O2/c1-12-4-5-13(20-24-17-10-15(21)6-7-18(17)26-20)9-16(12)23-19(25)14-3-2-8-22-11-14/h2-11H,1H3,(H,23,25). The van der Waals surface area contributed by atoms with Crippen LogP contribution in [-0.4, -0.2) is 15.9 Å². The molecular formula is C20H14ClN3O2. The van der Waals surface area contributed by atoms with Gasteiger partial charge in [0, 0.05) is 28.7 Å². The molecule has 0 fully saturated rings. The first-order chi connectivity index (χ1) is 12.6. The average Bonchev–Trinajstić information content (AvgIpc) is 3.07. The summed E-state index contributed by atoms with van der Waals surface area (Å²) in [7, 11) is 0. The third-order valence-electron chi connectivity index (χ3n) is 4.01. The highest BCUT2D eigenvalue weighted by molar-refractivity contribution is 6.31. The molecule has 0 saturated carbocycles. The second-order valence-electron chi connectivity index (χ2n) is 5.86. The maximum atomic E-state index is 12.4. The fourth-order valence-corrected chi connectivity index (χ4v) is 2.77. The first-order valence-corrected chi connectivity index (χ1v) is 8.36. The highest BCUT2D eigenvalue weighted by atomic mass is 35.5. The van der Waals surface area contributed by atoms with Crippen LogP contribution in [0, 0.1) is 6.92 Å². The van der Waals surface area contributed by atoms with Crippen molar-refractivity contribution in [3.63, 3.8) is 0 Å². The van der Waals surface area contributed by atoms with Crippen molar-refractivity contribution in [2.75, 3.05) is 5.32 Å². The topological polar surface area (TPSA) is 68.0 Å². The molecule has 128 valence electrons. The molecule has 4 aromatic rings. The van der Waals surface area contributed by atoms with E-state index in [-0.39, 0.29) is 5.91 Å². The average molecular weight is 364 g/mol. The second-order valence-corrected chi connectivity index (χ2v) is 6.29. The van der Waals surface area contributed by atoms with Gasteiger partial charge in [-0.15, -0.1) is 0 Å². The largest absolute Gasteiger partial charge is 0.436 e. The van der Waals surface area contributed by atoms with Crippen molar-refractivity contribution in [1.82, 2.24) is 9.97 Å². The fraction of sp³-hybridized carbons (Fsp3) is 0.0500. The van der Waals surface area contributed by atoms with Crippen molar-refractivity contribution < 1.29 is 9.21 Å². The van der Waals surface area contributed by atoms with E-state index in [1.165, 1.54) is 6.20 Å². The smallest absolute Gasteiger partial charge is 0.257 e. The van der Waals surface area contributed by atoms with E-state index in [1.54, 1.807) is 36.5 Å². The number of pyridine rings is 1. The Morgan fingerprint density at radius 3 is 2.85 bits per heavy atom. The number of hydrogen-bond acceptors (Lipinski definition) is 4. The number of amides is 1. The van der Waals surface area contributed by atoms with Crippen molar-refractivity contribution in [1.29, 1.82) is 0 Å². The normalized spacial score (nSPS) is 10.8. The number of nitrogens with zero attached hydrogens (tertiary/aromatic N) is 2. The number of carbonyl (C=O) groups is 1. The van der Waals surface area contributed by atoms with Gasteiger partial charge in [-0.05, 0) is 55.0 Å². The quantitative estimate of drug-likeness (QED) is 0.549. The number of anilines is 1. The van der Waals surface area contributed by atoms with E-state index in [0.29, 0.717) is 33.3 Å². The molecule has 2 aromatic carbocycles. The lowest BCUT2D eigenvalue weighted by Gasteiger charge is -2.09. The van der Waals surface area contributed by atoms with E-state index < -0.39 is 0 Å². The first kappa shape index (κ1) is 16.3. The molecule has 0 aliphatic carbocycles. The Bertz CT molecular complexity index is 1110. The minimum Gasteiger partial charge on any atom is -0.436 e. The summed E-state index contributed by atoms with van der Waals surface area (Å²) >= 11 is 6.00.